The average molecular weight is 570 g/mol. The van der Waals surface area contributed by atoms with Gasteiger partial charge in [-0.05, 0) is 37.3 Å². The minimum absolute atomic E-state index is 0.0261. The van der Waals surface area contributed by atoms with Crippen molar-refractivity contribution in [3.63, 3.8) is 0 Å². The van der Waals surface area contributed by atoms with E-state index in [1.807, 2.05) is 45.9 Å². The normalized spacial score (nSPS) is 14.5. The fraction of sp³-hybridized carbons (Fsp3) is 0.444. The van der Waals surface area contributed by atoms with Gasteiger partial charge in [0.15, 0.2) is 0 Å². The Balaban J connectivity index is 1.57. The molecule has 13 heteroatoms. The molecule has 40 heavy (non-hydrogen) atoms. The first-order valence-electron chi connectivity index (χ1n) is 13.0. The number of nitrogens with one attached hydrogen (secondary N) is 2. The Morgan fingerprint density at radius 2 is 1.82 bits per heavy atom. The molecule has 1 aliphatic rings. The Bertz CT molecular complexity index is 1490. The number of hydrogen-bond acceptors (Lipinski definition) is 8. The van der Waals surface area contributed by atoms with Crippen molar-refractivity contribution in [3.05, 3.63) is 47.8 Å². The van der Waals surface area contributed by atoms with Crippen LogP contribution >= 0.6 is 0 Å². The van der Waals surface area contributed by atoms with Gasteiger partial charge in [0, 0.05) is 31.8 Å². The summed E-state index contributed by atoms with van der Waals surface area (Å²) in [6.07, 6.45) is 2.79. The number of nitrogens with zero attached hydrogens (tertiary/aromatic N) is 5. The van der Waals surface area contributed by atoms with Crippen LogP contribution in [0.3, 0.4) is 0 Å². The molecule has 4 rings (SSSR count). The molecule has 1 aromatic carbocycles. The van der Waals surface area contributed by atoms with Gasteiger partial charge in [-0.1, -0.05) is 32.0 Å². The monoisotopic (exact) mass is 569 g/mol. The van der Waals surface area contributed by atoms with Crippen LogP contribution < -0.4 is 14.8 Å². The van der Waals surface area contributed by atoms with E-state index >= 15 is 0 Å². The van der Waals surface area contributed by atoms with E-state index in [1.54, 1.807) is 18.0 Å². The number of carbonyl (C=O) groups is 2. The number of sulfonamides is 1. The Kier molecular flexibility index (Phi) is 8.43. The van der Waals surface area contributed by atoms with Crippen LogP contribution in [0.15, 0.2) is 41.6 Å². The number of amides is 2. The lowest BCUT2D eigenvalue weighted by atomic mass is 10.00. The molecular weight excluding hydrogens is 534 g/mol. The lowest BCUT2D eigenvalue weighted by molar-refractivity contribution is -0.144. The highest BCUT2D eigenvalue weighted by atomic mass is 32.2. The molecule has 0 bridgehead atoms. The molecule has 3 heterocycles. The van der Waals surface area contributed by atoms with E-state index < -0.39 is 16.1 Å². The third-order valence-corrected chi connectivity index (χ3v) is 7.77. The lowest BCUT2D eigenvalue weighted by Crippen LogP contribution is -2.61. The molecule has 0 saturated carbocycles. The van der Waals surface area contributed by atoms with Gasteiger partial charge in [-0.2, -0.15) is 10.1 Å². The summed E-state index contributed by atoms with van der Waals surface area (Å²) in [4.78, 5) is 35.1. The Labute approximate surface area is 234 Å². The van der Waals surface area contributed by atoms with Crippen molar-refractivity contribution in [2.75, 3.05) is 17.8 Å². The smallest absolute Gasteiger partial charge is 0.267 e. The van der Waals surface area contributed by atoms with Gasteiger partial charge in [0.2, 0.25) is 23.6 Å². The highest BCUT2D eigenvalue weighted by molar-refractivity contribution is 7.92. The van der Waals surface area contributed by atoms with E-state index in [2.05, 4.69) is 25.1 Å². The van der Waals surface area contributed by atoms with Gasteiger partial charge in [0.05, 0.1) is 25.0 Å². The predicted molar refractivity (Wildman–Crippen MR) is 149 cm³/mol. The van der Waals surface area contributed by atoms with Crippen LogP contribution in [0.1, 0.15) is 38.3 Å². The van der Waals surface area contributed by atoms with Gasteiger partial charge in [0.1, 0.15) is 17.0 Å². The van der Waals surface area contributed by atoms with Crippen LogP contribution in [0, 0.1) is 19.8 Å². The van der Waals surface area contributed by atoms with Crippen molar-refractivity contribution in [1.82, 2.24) is 30.0 Å². The van der Waals surface area contributed by atoms with E-state index in [-0.39, 0.29) is 40.6 Å². The molecule has 0 spiro atoms. The zero-order chi connectivity index (χ0) is 29.2. The van der Waals surface area contributed by atoms with Crippen LogP contribution in [-0.2, 0) is 26.7 Å². The summed E-state index contributed by atoms with van der Waals surface area (Å²) in [5, 5.41) is 6.67. The SMILES string of the molecule is CC(=O)N[C@@H](CC(C)C)C(=O)N1CC(Oc2cc(-c3c(C)cccc3C)nc(NS(=O)(=O)c3cnn(C)c3)n2)C1. The number of likely N-dealkylation sites (tertiary alicyclic amines) is 1. The second-order valence-corrected chi connectivity index (χ2v) is 12.2. The molecule has 0 unspecified atom stereocenters. The second-order valence-electron chi connectivity index (χ2n) is 10.5. The molecule has 1 fully saturated rings. The minimum atomic E-state index is -4.00. The number of rotatable bonds is 10. The molecule has 214 valence electrons. The third kappa shape index (κ3) is 6.76. The number of carbonyl (C=O) groups excluding carboxylic acids is 2. The molecule has 1 aliphatic heterocycles. The zero-order valence-corrected chi connectivity index (χ0v) is 24.3. The summed E-state index contributed by atoms with van der Waals surface area (Å²) >= 11 is 0. The van der Waals surface area contributed by atoms with Crippen LogP contribution in [0.5, 0.6) is 5.88 Å². The van der Waals surface area contributed by atoms with Gasteiger partial charge in [-0.25, -0.2) is 18.1 Å². The number of ether oxygens (including phenoxy) is 1. The summed E-state index contributed by atoms with van der Waals surface area (Å²) in [5.41, 5.74) is 3.26. The highest BCUT2D eigenvalue weighted by Gasteiger charge is 2.37. The Morgan fingerprint density at radius 3 is 2.40 bits per heavy atom. The van der Waals surface area contributed by atoms with E-state index in [9.17, 15) is 18.0 Å². The first kappa shape index (κ1) is 29.0. The molecule has 0 aliphatic carbocycles. The molecular formula is C27H35N7O5S. The minimum Gasteiger partial charge on any atom is -0.470 e. The van der Waals surface area contributed by atoms with E-state index in [1.165, 1.54) is 24.0 Å². The second kappa shape index (κ2) is 11.6. The number of aromatic nitrogens is 4. The van der Waals surface area contributed by atoms with Gasteiger partial charge in [-0.15, -0.1) is 0 Å². The highest BCUT2D eigenvalue weighted by Crippen LogP contribution is 2.30. The summed E-state index contributed by atoms with van der Waals surface area (Å²) in [6.45, 7) is 9.90. The number of benzene rings is 1. The molecule has 2 N–H and O–H groups in total. The largest absolute Gasteiger partial charge is 0.470 e. The van der Waals surface area contributed by atoms with E-state index in [0.29, 0.717) is 25.2 Å². The van der Waals surface area contributed by atoms with Crippen molar-refractivity contribution >= 4 is 27.8 Å². The topological polar surface area (TPSA) is 148 Å². The van der Waals surface area contributed by atoms with E-state index in [4.69, 9.17) is 4.74 Å². The molecule has 0 radical (unpaired) electrons. The first-order chi connectivity index (χ1) is 18.8. The molecule has 2 amide bonds. The van der Waals surface area contributed by atoms with Gasteiger partial charge >= 0.3 is 0 Å². The number of aryl methyl sites for hydroxylation is 3. The van der Waals surface area contributed by atoms with Crippen molar-refractivity contribution in [3.8, 4) is 17.1 Å². The molecule has 2 aromatic heterocycles. The molecule has 3 aromatic rings. The molecule has 1 saturated heterocycles. The van der Waals surface area contributed by atoms with Crippen LogP contribution in [0.4, 0.5) is 5.95 Å². The summed E-state index contributed by atoms with van der Waals surface area (Å²) in [7, 11) is -2.38. The van der Waals surface area contributed by atoms with Crippen LogP contribution in [0.25, 0.3) is 11.3 Å². The van der Waals surface area contributed by atoms with Gasteiger partial charge < -0.3 is 15.0 Å². The van der Waals surface area contributed by atoms with Gasteiger partial charge in [-0.3, -0.25) is 14.3 Å². The van der Waals surface area contributed by atoms with Crippen LogP contribution in [0.2, 0.25) is 0 Å². The quantitative estimate of drug-likeness (QED) is 0.378. The maximum atomic E-state index is 13.0. The molecule has 12 nitrogen and oxygen atoms in total. The first-order valence-corrected chi connectivity index (χ1v) is 14.5. The van der Waals surface area contributed by atoms with Crippen LogP contribution in [-0.4, -0.2) is 70.1 Å². The fourth-order valence-electron chi connectivity index (χ4n) is 4.62. The van der Waals surface area contributed by atoms with Crippen molar-refractivity contribution in [1.29, 1.82) is 0 Å². The van der Waals surface area contributed by atoms with Crippen molar-refractivity contribution < 1.29 is 22.7 Å². The Morgan fingerprint density at radius 1 is 1.15 bits per heavy atom. The number of hydrogen-bond donors (Lipinski definition) is 2. The fourth-order valence-corrected chi connectivity index (χ4v) is 5.54. The Hall–Kier alpha value is -4.00. The van der Waals surface area contributed by atoms with E-state index in [0.717, 1.165) is 16.7 Å². The average Bonchev–Trinajstić information content (AvgIpc) is 3.26. The maximum absolute atomic E-state index is 13.0. The predicted octanol–water partition coefficient (Wildman–Crippen LogP) is 2.44. The summed E-state index contributed by atoms with van der Waals surface area (Å²) in [6, 6.07) is 6.90. The molecule has 1 atom stereocenters. The summed E-state index contributed by atoms with van der Waals surface area (Å²) < 4.78 is 35.9. The maximum Gasteiger partial charge on any atom is 0.267 e. The van der Waals surface area contributed by atoms with Crippen molar-refractivity contribution in [2.45, 2.75) is 58.1 Å². The van der Waals surface area contributed by atoms with Crippen molar-refractivity contribution in [2.24, 2.45) is 13.0 Å². The lowest BCUT2D eigenvalue weighted by Gasteiger charge is -2.40. The standard InChI is InChI=1S/C27H35N7O5S/c1-16(2)10-23(29-19(5)35)26(36)34-13-20(14-34)39-24-11-22(25-17(3)8-7-9-18(25)4)30-27(31-24)32-40(37,38)21-12-28-33(6)15-21/h7-9,11-12,15-16,20,23H,10,13-14H2,1-6H3,(H,29,35)(H,30,31,32)/t23-/m0/s1. The zero-order valence-electron chi connectivity index (χ0n) is 23.5. The van der Waals surface area contributed by atoms with Gasteiger partial charge in [0.25, 0.3) is 10.0 Å². The third-order valence-electron chi connectivity index (χ3n) is 6.49. The summed E-state index contributed by atoms with van der Waals surface area (Å²) in [5.74, 6) is -0.156. The number of anilines is 1.